The van der Waals surface area contributed by atoms with E-state index >= 15 is 0 Å². The van der Waals surface area contributed by atoms with Gasteiger partial charge >= 0.3 is 6.18 Å². The lowest BCUT2D eigenvalue weighted by molar-refractivity contribution is -0.137. The molecular weight excluding hydrogens is 453 g/mol. The smallest absolute Gasteiger partial charge is 0.421 e. The molecule has 1 fully saturated rings. The molecule has 3 aromatic rings. The first kappa shape index (κ1) is 24.8. The van der Waals surface area contributed by atoms with Crippen molar-refractivity contribution in [1.29, 1.82) is 0 Å². The standard InChI is InChI=1S/C27H31F3N4O/c1-26(2,3)18-13-15-19(16-14-18)32-25-31-17-21(27(28,29)30)24(34-25)33-22-11-7-8-12-23(22)35-20-9-5-4-6-10-20/h7-8,11-17,20H,4-6,9-10H2,1-3H3,(H2,31,32,33,34). The fourth-order valence-electron chi connectivity index (χ4n) is 4.09. The van der Waals surface area contributed by atoms with E-state index in [1.54, 1.807) is 18.2 Å². The van der Waals surface area contributed by atoms with Gasteiger partial charge in [-0.3, -0.25) is 0 Å². The number of nitrogens with zero attached hydrogens (tertiary/aromatic N) is 2. The lowest BCUT2D eigenvalue weighted by Gasteiger charge is -2.24. The molecule has 1 heterocycles. The van der Waals surface area contributed by atoms with Crippen LogP contribution in [0.4, 0.5) is 36.3 Å². The zero-order chi connectivity index (χ0) is 25.1. The molecule has 0 saturated heterocycles. The Morgan fingerprint density at radius 2 is 1.57 bits per heavy atom. The van der Waals surface area contributed by atoms with Crippen LogP contribution in [0.2, 0.25) is 0 Å². The predicted octanol–water partition coefficient (Wildman–Crippen LogP) is 7.99. The predicted molar refractivity (Wildman–Crippen MR) is 133 cm³/mol. The van der Waals surface area contributed by atoms with Crippen LogP contribution < -0.4 is 15.4 Å². The van der Waals surface area contributed by atoms with Gasteiger partial charge in [-0.1, -0.05) is 51.5 Å². The van der Waals surface area contributed by atoms with Gasteiger partial charge in [0, 0.05) is 11.9 Å². The summed E-state index contributed by atoms with van der Waals surface area (Å²) < 4.78 is 47.4. The van der Waals surface area contributed by atoms with Gasteiger partial charge in [0.25, 0.3) is 0 Å². The van der Waals surface area contributed by atoms with Crippen LogP contribution in [0.5, 0.6) is 5.75 Å². The quantitative estimate of drug-likeness (QED) is 0.371. The van der Waals surface area contributed by atoms with E-state index in [1.807, 2.05) is 30.3 Å². The molecule has 1 saturated carbocycles. The third kappa shape index (κ3) is 6.44. The number of anilines is 4. The van der Waals surface area contributed by atoms with Crippen molar-refractivity contribution in [2.24, 2.45) is 0 Å². The summed E-state index contributed by atoms with van der Waals surface area (Å²) in [6, 6.07) is 14.7. The number of aromatic nitrogens is 2. The summed E-state index contributed by atoms with van der Waals surface area (Å²) in [5.41, 5.74) is 1.31. The fourth-order valence-corrected chi connectivity index (χ4v) is 4.09. The second kappa shape index (κ2) is 10.1. The molecule has 2 N–H and O–H groups in total. The van der Waals surface area contributed by atoms with E-state index in [1.165, 1.54) is 6.42 Å². The Morgan fingerprint density at radius 3 is 2.23 bits per heavy atom. The van der Waals surface area contributed by atoms with Crippen LogP contribution in [-0.4, -0.2) is 16.1 Å². The maximum Gasteiger partial charge on any atom is 0.421 e. The Hall–Kier alpha value is -3.29. The number of alkyl halides is 3. The molecule has 0 aliphatic heterocycles. The van der Waals surface area contributed by atoms with E-state index in [9.17, 15) is 13.2 Å². The van der Waals surface area contributed by atoms with Crippen molar-refractivity contribution in [1.82, 2.24) is 9.97 Å². The Labute approximate surface area is 204 Å². The lowest BCUT2D eigenvalue weighted by atomic mass is 9.87. The molecule has 1 aromatic heterocycles. The molecule has 35 heavy (non-hydrogen) atoms. The summed E-state index contributed by atoms with van der Waals surface area (Å²) in [5.74, 6) is 0.245. The van der Waals surface area contributed by atoms with Gasteiger partial charge in [-0.25, -0.2) is 4.98 Å². The van der Waals surface area contributed by atoms with E-state index in [0.717, 1.165) is 37.4 Å². The van der Waals surface area contributed by atoms with Gasteiger partial charge in [-0.15, -0.1) is 0 Å². The third-order valence-corrected chi connectivity index (χ3v) is 6.09. The molecule has 5 nitrogen and oxygen atoms in total. The van der Waals surface area contributed by atoms with Crippen molar-refractivity contribution in [3.8, 4) is 5.75 Å². The average molecular weight is 485 g/mol. The van der Waals surface area contributed by atoms with E-state index in [-0.39, 0.29) is 23.3 Å². The molecule has 0 unspecified atom stereocenters. The average Bonchev–Trinajstić information content (AvgIpc) is 2.80. The van der Waals surface area contributed by atoms with E-state index < -0.39 is 11.7 Å². The van der Waals surface area contributed by atoms with Crippen LogP contribution in [0.3, 0.4) is 0 Å². The van der Waals surface area contributed by atoms with Crippen LogP contribution in [-0.2, 0) is 11.6 Å². The van der Waals surface area contributed by atoms with E-state index in [2.05, 4.69) is 41.4 Å². The SMILES string of the molecule is CC(C)(C)c1ccc(Nc2ncc(C(F)(F)F)c(Nc3ccccc3OC3CCCCC3)n2)cc1. The molecule has 4 rings (SSSR count). The first-order valence-corrected chi connectivity index (χ1v) is 11.9. The largest absolute Gasteiger partial charge is 0.488 e. The van der Waals surface area contributed by atoms with E-state index in [4.69, 9.17) is 4.74 Å². The van der Waals surface area contributed by atoms with Crippen molar-refractivity contribution >= 4 is 23.1 Å². The second-order valence-electron chi connectivity index (χ2n) is 9.91. The number of hydrogen-bond donors (Lipinski definition) is 2. The van der Waals surface area contributed by atoms with Crippen molar-refractivity contribution in [3.63, 3.8) is 0 Å². The molecule has 0 spiro atoms. The molecular formula is C27H31F3N4O. The highest BCUT2D eigenvalue weighted by Crippen LogP contribution is 2.38. The van der Waals surface area contributed by atoms with Crippen LogP contribution in [0, 0.1) is 0 Å². The monoisotopic (exact) mass is 484 g/mol. The summed E-state index contributed by atoms with van der Waals surface area (Å²) in [6.07, 6.45) is 1.50. The number of benzene rings is 2. The highest BCUT2D eigenvalue weighted by Gasteiger charge is 2.35. The first-order chi connectivity index (χ1) is 16.6. The molecule has 0 bridgehead atoms. The topological polar surface area (TPSA) is 59.1 Å². The molecule has 0 radical (unpaired) electrons. The molecule has 186 valence electrons. The van der Waals surface area contributed by atoms with Gasteiger partial charge in [0.2, 0.25) is 5.95 Å². The Kier molecular flexibility index (Phi) is 7.19. The van der Waals surface area contributed by atoms with Crippen molar-refractivity contribution in [2.75, 3.05) is 10.6 Å². The van der Waals surface area contributed by atoms with Crippen LogP contribution >= 0.6 is 0 Å². The number of rotatable bonds is 6. The van der Waals surface area contributed by atoms with Gasteiger partial charge in [0.1, 0.15) is 17.1 Å². The van der Waals surface area contributed by atoms with Gasteiger partial charge < -0.3 is 15.4 Å². The summed E-state index contributed by atoms with van der Waals surface area (Å²) in [6.45, 7) is 6.34. The zero-order valence-electron chi connectivity index (χ0n) is 20.2. The number of ether oxygens (including phenoxy) is 1. The minimum Gasteiger partial charge on any atom is -0.488 e. The van der Waals surface area contributed by atoms with Crippen LogP contribution in [0.1, 0.15) is 64.0 Å². The second-order valence-corrected chi connectivity index (χ2v) is 9.91. The van der Waals surface area contributed by atoms with Gasteiger partial charge in [0.05, 0.1) is 11.8 Å². The van der Waals surface area contributed by atoms with Gasteiger partial charge in [0.15, 0.2) is 0 Å². The maximum atomic E-state index is 13.8. The Balaban J connectivity index is 1.60. The van der Waals surface area contributed by atoms with Crippen molar-refractivity contribution in [2.45, 2.75) is 70.6 Å². The maximum absolute atomic E-state index is 13.8. The molecule has 2 aromatic carbocycles. The summed E-state index contributed by atoms with van der Waals surface area (Å²) in [5, 5.41) is 5.86. The highest BCUT2D eigenvalue weighted by atomic mass is 19.4. The van der Waals surface area contributed by atoms with Crippen LogP contribution in [0.15, 0.2) is 54.7 Å². The van der Waals surface area contributed by atoms with Crippen molar-refractivity contribution < 1.29 is 17.9 Å². The fraction of sp³-hybridized carbons (Fsp3) is 0.407. The zero-order valence-corrected chi connectivity index (χ0v) is 20.2. The number of halogens is 3. The summed E-state index contributed by atoms with van der Waals surface area (Å²) in [4.78, 5) is 8.10. The van der Waals surface area contributed by atoms with Crippen molar-refractivity contribution in [3.05, 3.63) is 65.9 Å². The summed E-state index contributed by atoms with van der Waals surface area (Å²) in [7, 11) is 0. The summed E-state index contributed by atoms with van der Waals surface area (Å²) >= 11 is 0. The lowest BCUT2D eigenvalue weighted by Crippen LogP contribution is -2.20. The Morgan fingerprint density at radius 1 is 0.886 bits per heavy atom. The third-order valence-electron chi connectivity index (χ3n) is 6.09. The van der Waals surface area contributed by atoms with Gasteiger partial charge in [-0.2, -0.15) is 18.2 Å². The molecule has 1 aliphatic rings. The normalized spacial score (nSPS) is 15.0. The molecule has 0 atom stereocenters. The highest BCUT2D eigenvalue weighted by molar-refractivity contribution is 5.67. The van der Waals surface area contributed by atoms with Crippen LogP contribution in [0.25, 0.3) is 0 Å². The minimum absolute atomic E-state index is 0.00638. The van der Waals surface area contributed by atoms with Gasteiger partial charge in [-0.05, 0) is 60.9 Å². The Bertz CT molecular complexity index is 1130. The molecule has 8 heteroatoms. The molecule has 1 aliphatic carbocycles. The minimum atomic E-state index is -4.62. The molecule has 0 amide bonds. The van der Waals surface area contributed by atoms with E-state index in [0.29, 0.717) is 17.1 Å². The first-order valence-electron chi connectivity index (χ1n) is 11.9. The number of nitrogens with one attached hydrogen (secondary N) is 2. The number of hydrogen-bond acceptors (Lipinski definition) is 5. The number of para-hydroxylation sites is 2.